The van der Waals surface area contributed by atoms with Gasteiger partial charge < -0.3 is 5.11 Å². The molecule has 1 aromatic carbocycles. The Hall–Kier alpha value is -1.78. The summed E-state index contributed by atoms with van der Waals surface area (Å²) in [6.45, 7) is 13.4. The second kappa shape index (κ2) is 18.0. The number of hydrogen-bond acceptors (Lipinski definition) is 3. The third-order valence-corrected chi connectivity index (χ3v) is 5.21. The van der Waals surface area contributed by atoms with Gasteiger partial charge in [-0.05, 0) is 74.6 Å². The number of allylic oxidation sites excluding steroid dienone is 5. The van der Waals surface area contributed by atoms with Crippen LogP contribution in [0.5, 0.6) is 0 Å². The average molecular weight is 432 g/mol. The van der Waals surface area contributed by atoms with Gasteiger partial charge >= 0.3 is 5.97 Å². The third-order valence-electron chi connectivity index (χ3n) is 4.63. The Morgan fingerprint density at radius 2 is 1.63 bits per heavy atom. The highest BCUT2D eigenvalue weighted by Crippen LogP contribution is 2.18. The lowest BCUT2D eigenvalue weighted by Crippen LogP contribution is -2.06. The fraction of sp³-hybridized carbons (Fsp3) is 0.500. The first-order chi connectivity index (χ1) is 14.4. The first-order valence-electron chi connectivity index (χ1n) is 11.1. The molecule has 30 heavy (non-hydrogen) atoms. The number of unbranched alkanes of at least 4 members (excludes halogenated alkanes) is 3. The van der Waals surface area contributed by atoms with Crippen molar-refractivity contribution in [2.45, 2.75) is 86.6 Å². The van der Waals surface area contributed by atoms with E-state index in [0.717, 1.165) is 38.6 Å². The molecule has 4 heteroatoms. The highest BCUT2D eigenvalue weighted by Gasteiger charge is 2.03. The molecular formula is C26H41NO2S. The summed E-state index contributed by atoms with van der Waals surface area (Å²) in [6, 6.07) is 4.47. The molecule has 1 rings (SSSR count). The van der Waals surface area contributed by atoms with E-state index < -0.39 is 5.97 Å². The number of rotatable bonds is 13. The zero-order valence-electron chi connectivity index (χ0n) is 19.8. The number of carbonyl (C=O) groups is 1. The van der Waals surface area contributed by atoms with E-state index in [0.29, 0.717) is 0 Å². The van der Waals surface area contributed by atoms with E-state index in [1.165, 1.54) is 27.8 Å². The van der Waals surface area contributed by atoms with Crippen molar-refractivity contribution in [3.8, 4) is 0 Å². The Morgan fingerprint density at radius 1 is 1.03 bits per heavy atom. The lowest BCUT2D eigenvalue weighted by molar-refractivity contribution is -0.137. The molecule has 0 aliphatic rings. The first-order valence-corrected chi connectivity index (χ1v) is 12.0. The molecule has 2 N–H and O–H groups in total. The maximum atomic E-state index is 10.5. The van der Waals surface area contributed by atoms with Crippen molar-refractivity contribution in [1.29, 1.82) is 0 Å². The van der Waals surface area contributed by atoms with Crippen molar-refractivity contribution in [3.05, 3.63) is 69.7 Å². The molecule has 0 aliphatic carbocycles. The van der Waals surface area contributed by atoms with Crippen LogP contribution in [0.25, 0.3) is 0 Å². The van der Waals surface area contributed by atoms with Gasteiger partial charge in [0.1, 0.15) is 0 Å². The summed E-state index contributed by atoms with van der Waals surface area (Å²) in [7, 11) is 0. The van der Waals surface area contributed by atoms with Crippen LogP contribution in [0.3, 0.4) is 0 Å². The van der Waals surface area contributed by atoms with Crippen LogP contribution in [0.4, 0.5) is 0 Å². The van der Waals surface area contributed by atoms with E-state index in [1.54, 1.807) is 11.9 Å². The maximum Gasteiger partial charge on any atom is 0.303 e. The molecule has 0 saturated heterocycles. The molecule has 0 bridgehead atoms. The Labute approximate surface area is 188 Å². The lowest BCUT2D eigenvalue weighted by Gasteiger charge is -2.11. The summed E-state index contributed by atoms with van der Waals surface area (Å²) in [5.74, 6) is -0.697. The molecule has 0 saturated carbocycles. The fourth-order valence-corrected chi connectivity index (χ4v) is 3.74. The summed E-state index contributed by atoms with van der Waals surface area (Å²) >= 11 is 1.62. The number of benzene rings is 1. The molecule has 1 aromatic rings. The Kier molecular flexibility index (Phi) is 17.0. The van der Waals surface area contributed by atoms with Crippen molar-refractivity contribution in [2.75, 3.05) is 0 Å². The van der Waals surface area contributed by atoms with Crippen LogP contribution in [0.15, 0.2) is 47.4 Å². The zero-order valence-corrected chi connectivity index (χ0v) is 20.6. The number of aliphatic carboxylic acids is 1. The van der Waals surface area contributed by atoms with Crippen molar-refractivity contribution in [1.82, 2.24) is 4.72 Å². The SMILES string of the molecule is CC.C\C=C/C=C(\C=C\SNCc1c(C)cc(C)cc1C)CCCCCCC(=O)O. The topological polar surface area (TPSA) is 49.3 Å². The normalized spacial score (nSPS) is 11.7. The van der Waals surface area contributed by atoms with Gasteiger partial charge in [-0.15, -0.1) is 0 Å². The maximum absolute atomic E-state index is 10.5. The smallest absolute Gasteiger partial charge is 0.303 e. The van der Waals surface area contributed by atoms with E-state index in [2.05, 4.69) is 61.3 Å². The molecule has 168 valence electrons. The van der Waals surface area contributed by atoms with Crippen molar-refractivity contribution in [3.63, 3.8) is 0 Å². The minimum absolute atomic E-state index is 0.281. The van der Waals surface area contributed by atoms with Gasteiger partial charge in [0.2, 0.25) is 0 Å². The predicted molar refractivity (Wildman–Crippen MR) is 134 cm³/mol. The van der Waals surface area contributed by atoms with E-state index in [1.807, 2.05) is 26.8 Å². The Bertz CT molecular complexity index is 682. The van der Waals surface area contributed by atoms with Gasteiger partial charge in [0.25, 0.3) is 0 Å². The summed E-state index contributed by atoms with van der Waals surface area (Å²) in [5, 5.41) is 10.8. The number of nitrogens with one attached hydrogen (secondary N) is 1. The lowest BCUT2D eigenvalue weighted by atomic mass is 10.0. The Morgan fingerprint density at radius 3 is 2.20 bits per heavy atom. The van der Waals surface area contributed by atoms with Gasteiger partial charge in [-0.2, -0.15) is 0 Å². The third kappa shape index (κ3) is 13.4. The van der Waals surface area contributed by atoms with Crippen LogP contribution in [0.2, 0.25) is 0 Å². The van der Waals surface area contributed by atoms with Crippen LogP contribution in [-0.4, -0.2) is 11.1 Å². The molecule has 0 amide bonds. The van der Waals surface area contributed by atoms with Crippen LogP contribution >= 0.6 is 11.9 Å². The summed E-state index contributed by atoms with van der Waals surface area (Å²) < 4.78 is 3.44. The van der Waals surface area contributed by atoms with Gasteiger partial charge in [0, 0.05) is 13.0 Å². The van der Waals surface area contributed by atoms with Crippen LogP contribution in [0, 0.1) is 20.8 Å². The average Bonchev–Trinajstić information content (AvgIpc) is 2.70. The molecule has 0 spiro atoms. The molecule has 3 nitrogen and oxygen atoms in total. The highest BCUT2D eigenvalue weighted by atomic mass is 32.2. The monoisotopic (exact) mass is 431 g/mol. The van der Waals surface area contributed by atoms with Crippen LogP contribution in [0.1, 0.15) is 81.5 Å². The number of carboxylic acid groups (broad SMARTS) is 1. The summed E-state index contributed by atoms with van der Waals surface area (Å²) in [5.41, 5.74) is 6.66. The summed E-state index contributed by atoms with van der Waals surface area (Å²) in [6.07, 6.45) is 13.7. The minimum atomic E-state index is -0.697. The molecule has 0 heterocycles. The zero-order chi connectivity index (χ0) is 22.8. The molecule has 0 unspecified atom stereocenters. The quantitative estimate of drug-likeness (QED) is 0.190. The number of hydrogen-bond donors (Lipinski definition) is 2. The molecule has 0 radical (unpaired) electrons. The van der Waals surface area contributed by atoms with Crippen molar-refractivity contribution < 1.29 is 9.90 Å². The van der Waals surface area contributed by atoms with Gasteiger partial charge in [0.05, 0.1) is 0 Å². The van der Waals surface area contributed by atoms with Crippen molar-refractivity contribution >= 4 is 17.9 Å². The van der Waals surface area contributed by atoms with Crippen LogP contribution < -0.4 is 4.72 Å². The fourth-order valence-electron chi connectivity index (χ4n) is 3.17. The van der Waals surface area contributed by atoms with Gasteiger partial charge in [0.15, 0.2) is 0 Å². The molecule has 0 fully saturated rings. The van der Waals surface area contributed by atoms with E-state index in [9.17, 15) is 4.79 Å². The van der Waals surface area contributed by atoms with Gasteiger partial charge in [-0.3, -0.25) is 9.52 Å². The number of aryl methyl sites for hydroxylation is 3. The second-order valence-electron chi connectivity index (χ2n) is 7.19. The van der Waals surface area contributed by atoms with Crippen LogP contribution in [-0.2, 0) is 11.3 Å². The molecule has 0 aromatic heterocycles. The minimum Gasteiger partial charge on any atom is -0.481 e. The van der Waals surface area contributed by atoms with E-state index in [4.69, 9.17) is 5.11 Å². The Balaban J connectivity index is 0.00000407. The second-order valence-corrected chi connectivity index (χ2v) is 7.99. The predicted octanol–water partition coefficient (Wildman–Crippen LogP) is 7.82. The first kappa shape index (κ1) is 28.2. The number of carboxylic acids is 1. The molecular weight excluding hydrogens is 390 g/mol. The molecule has 0 aliphatic heterocycles. The van der Waals surface area contributed by atoms with Crippen molar-refractivity contribution in [2.24, 2.45) is 0 Å². The summed E-state index contributed by atoms with van der Waals surface area (Å²) in [4.78, 5) is 10.5. The van der Waals surface area contributed by atoms with E-state index >= 15 is 0 Å². The highest BCUT2D eigenvalue weighted by molar-refractivity contribution is 8.00. The largest absolute Gasteiger partial charge is 0.481 e. The molecule has 0 atom stereocenters. The van der Waals surface area contributed by atoms with Gasteiger partial charge in [-0.1, -0.05) is 80.6 Å². The van der Waals surface area contributed by atoms with Gasteiger partial charge in [-0.25, -0.2) is 0 Å². The standard InChI is InChI=1S/C24H35NO2S.C2H6/c1-5-6-11-22(12-9-7-8-10-13-24(26)27)14-15-28-25-18-23-20(3)16-19(2)17-21(23)4;1-2/h5-6,11,14-17,25H,7-10,12-13,18H2,1-4H3,(H,26,27);1-2H3/b6-5-,15-14+,22-11-;. The van der Waals surface area contributed by atoms with E-state index in [-0.39, 0.29) is 6.42 Å².